The van der Waals surface area contributed by atoms with Crippen LogP contribution in [-0.4, -0.2) is 66.8 Å². The minimum atomic E-state index is -0.613. The van der Waals surface area contributed by atoms with E-state index in [1.54, 1.807) is 18.2 Å². The number of azo groups is 1. The molecule has 2 atom stereocenters. The second kappa shape index (κ2) is 18.5. The number of piperidine rings is 1. The second-order valence-corrected chi connectivity index (χ2v) is 16.3. The van der Waals surface area contributed by atoms with Gasteiger partial charge in [0.2, 0.25) is 11.8 Å². The maximum atomic E-state index is 13.9. The minimum absolute atomic E-state index is 0.0633. The second-order valence-electron chi connectivity index (χ2n) is 16.3. The van der Waals surface area contributed by atoms with E-state index in [9.17, 15) is 24.0 Å². The van der Waals surface area contributed by atoms with Crippen LogP contribution in [0.1, 0.15) is 92.8 Å². The van der Waals surface area contributed by atoms with Crippen molar-refractivity contribution in [2.24, 2.45) is 33.0 Å². The van der Waals surface area contributed by atoms with Gasteiger partial charge in [-0.3, -0.25) is 19.2 Å². The summed E-state index contributed by atoms with van der Waals surface area (Å²) in [6, 6.07) is 20.6. The minimum Gasteiger partial charge on any atom is -0.444 e. The molecule has 0 aromatic heterocycles. The number of alkyl carbamates (subject to hydrolysis) is 1. The number of Topliss-reactive ketones (excluding diaryl/α,β-unsaturated/α-hetero) is 1. The topological polar surface area (TPSA) is 180 Å². The fourth-order valence-electron chi connectivity index (χ4n) is 7.58. The van der Waals surface area contributed by atoms with Crippen LogP contribution < -0.4 is 21.3 Å². The average molecular weight is 776 g/mol. The molecular weight excluding hydrogens is 723 g/mol. The highest BCUT2D eigenvalue weighted by Crippen LogP contribution is 2.32. The molecule has 6 rings (SSSR count). The molecule has 57 heavy (non-hydrogen) atoms. The van der Waals surface area contributed by atoms with Gasteiger partial charge in [-0.1, -0.05) is 30.3 Å². The SMILES string of the molecule is Cc1ccc(C(=O)NC2CCNC(=O)C2)cc1-c1ccc(C[C@H](CC(=O)C2CCC(CNC(=O)OC(C)(C)C)CC2)C(=O)Nc2ccc(C3=NCN=N3)cc2)cc1. The van der Waals surface area contributed by atoms with Crippen molar-refractivity contribution in [1.29, 1.82) is 0 Å². The number of hydrogen-bond donors (Lipinski definition) is 4. The van der Waals surface area contributed by atoms with Crippen LogP contribution in [0.4, 0.5) is 10.5 Å². The van der Waals surface area contributed by atoms with E-state index in [2.05, 4.69) is 36.5 Å². The zero-order valence-corrected chi connectivity index (χ0v) is 33.2. The molecule has 3 aromatic carbocycles. The quantitative estimate of drug-likeness (QED) is 0.146. The van der Waals surface area contributed by atoms with Crippen LogP contribution >= 0.6 is 0 Å². The van der Waals surface area contributed by atoms with Gasteiger partial charge in [0.15, 0.2) is 12.5 Å². The number of amidine groups is 1. The van der Waals surface area contributed by atoms with Crippen LogP contribution in [0.5, 0.6) is 0 Å². The Labute approximate surface area is 333 Å². The lowest BCUT2D eigenvalue weighted by molar-refractivity contribution is -0.129. The van der Waals surface area contributed by atoms with Crippen molar-refractivity contribution >= 4 is 41.1 Å². The smallest absolute Gasteiger partial charge is 0.407 e. The van der Waals surface area contributed by atoms with E-state index in [4.69, 9.17) is 4.74 Å². The van der Waals surface area contributed by atoms with Gasteiger partial charge >= 0.3 is 6.09 Å². The van der Waals surface area contributed by atoms with Crippen molar-refractivity contribution in [3.8, 4) is 11.1 Å². The molecule has 4 N–H and O–H groups in total. The Bertz CT molecular complexity index is 2010. The Morgan fingerprint density at radius 2 is 1.63 bits per heavy atom. The first kappa shape index (κ1) is 40.9. The van der Waals surface area contributed by atoms with Crippen molar-refractivity contribution in [2.75, 3.05) is 25.1 Å². The number of nitrogens with one attached hydrogen (secondary N) is 4. The first-order valence-corrected chi connectivity index (χ1v) is 19.9. The lowest BCUT2D eigenvalue weighted by Gasteiger charge is -2.29. The van der Waals surface area contributed by atoms with Gasteiger partial charge in [0, 0.05) is 60.6 Å². The zero-order valence-electron chi connectivity index (χ0n) is 33.2. The van der Waals surface area contributed by atoms with Crippen molar-refractivity contribution in [1.82, 2.24) is 16.0 Å². The molecule has 0 radical (unpaired) electrons. The van der Waals surface area contributed by atoms with Crippen LogP contribution in [0.25, 0.3) is 11.1 Å². The van der Waals surface area contributed by atoms with E-state index in [1.807, 2.05) is 76.2 Å². The molecule has 13 heteroatoms. The summed E-state index contributed by atoms with van der Waals surface area (Å²) < 4.78 is 5.37. The summed E-state index contributed by atoms with van der Waals surface area (Å²) in [6.07, 6.45) is 4.01. The average Bonchev–Trinajstić information content (AvgIpc) is 3.73. The number of ketones is 1. The molecular formula is C44H53N7O6. The van der Waals surface area contributed by atoms with Gasteiger partial charge in [0.05, 0.1) is 0 Å². The Kier molecular flexibility index (Phi) is 13.3. The third-order valence-electron chi connectivity index (χ3n) is 10.7. The zero-order chi connectivity index (χ0) is 40.5. The fraction of sp³-hybridized carbons (Fsp3) is 0.455. The summed E-state index contributed by atoms with van der Waals surface area (Å²) in [5.41, 5.74) is 5.10. The monoisotopic (exact) mass is 775 g/mol. The van der Waals surface area contributed by atoms with E-state index in [0.717, 1.165) is 40.7 Å². The molecule has 1 saturated heterocycles. The highest BCUT2D eigenvalue weighted by molar-refractivity contribution is 6.01. The third kappa shape index (κ3) is 11.7. The van der Waals surface area contributed by atoms with Crippen molar-refractivity contribution < 1.29 is 28.7 Å². The van der Waals surface area contributed by atoms with Gasteiger partial charge in [0.25, 0.3) is 5.91 Å². The highest BCUT2D eigenvalue weighted by Gasteiger charge is 2.31. The predicted octanol–water partition coefficient (Wildman–Crippen LogP) is 6.93. The number of amides is 4. The fourth-order valence-corrected chi connectivity index (χ4v) is 7.58. The number of rotatable bonds is 13. The molecule has 3 aromatic rings. The van der Waals surface area contributed by atoms with Crippen molar-refractivity contribution in [2.45, 2.75) is 90.7 Å². The Morgan fingerprint density at radius 3 is 2.30 bits per heavy atom. The normalized spacial score (nSPS) is 19.8. The van der Waals surface area contributed by atoms with Crippen LogP contribution in [0.15, 0.2) is 82.0 Å². The maximum absolute atomic E-state index is 13.9. The molecule has 13 nitrogen and oxygen atoms in total. The van der Waals surface area contributed by atoms with Gasteiger partial charge < -0.3 is 26.0 Å². The third-order valence-corrected chi connectivity index (χ3v) is 10.7. The summed E-state index contributed by atoms with van der Waals surface area (Å²) in [7, 11) is 0. The molecule has 1 aliphatic carbocycles. The van der Waals surface area contributed by atoms with E-state index >= 15 is 0 Å². The number of hydrogen-bond acceptors (Lipinski definition) is 9. The van der Waals surface area contributed by atoms with Gasteiger partial charge in [-0.15, -0.1) is 5.11 Å². The lowest BCUT2D eigenvalue weighted by atomic mass is 9.77. The van der Waals surface area contributed by atoms with Gasteiger partial charge in [-0.25, -0.2) is 9.79 Å². The summed E-state index contributed by atoms with van der Waals surface area (Å²) in [6.45, 7) is 8.83. The van der Waals surface area contributed by atoms with Crippen molar-refractivity contribution in [3.63, 3.8) is 0 Å². The van der Waals surface area contributed by atoms with E-state index < -0.39 is 17.6 Å². The van der Waals surface area contributed by atoms with Gasteiger partial charge in [0.1, 0.15) is 11.4 Å². The number of ether oxygens (including phenoxy) is 1. The molecule has 4 amide bonds. The summed E-state index contributed by atoms with van der Waals surface area (Å²) in [5.74, 6) is -0.394. The predicted molar refractivity (Wildman–Crippen MR) is 218 cm³/mol. The van der Waals surface area contributed by atoms with E-state index in [-0.39, 0.29) is 54.2 Å². The maximum Gasteiger partial charge on any atom is 0.407 e. The van der Waals surface area contributed by atoms with Gasteiger partial charge in [-0.05, 0) is 131 Å². The first-order valence-electron chi connectivity index (χ1n) is 19.9. The molecule has 2 heterocycles. The Morgan fingerprint density at radius 1 is 0.912 bits per heavy atom. The molecule has 0 bridgehead atoms. The van der Waals surface area contributed by atoms with E-state index in [1.165, 1.54) is 0 Å². The van der Waals surface area contributed by atoms with Crippen molar-refractivity contribution in [3.05, 3.63) is 89.0 Å². The summed E-state index contributed by atoms with van der Waals surface area (Å²) >= 11 is 0. The summed E-state index contributed by atoms with van der Waals surface area (Å²) in [4.78, 5) is 69.1. The van der Waals surface area contributed by atoms with Gasteiger partial charge in [-0.2, -0.15) is 5.11 Å². The molecule has 3 aliphatic rings. The number of carbonyl (C=O) groups excluding carboxylic acids is 5. The standard InChI is InChI=1S/C44H53N7O6/c1-27-5-10-33(41(54)50-36-19-20-45-39(53)24-36)22-37(27)30-11-6-28(7-12-30)21-34(42(55)49-35-17-15-32(16-18-35)40-47-26-48-51-40)23-38(52)31-13-8-29(9-14-31)25-46-43(56)57-44(2,3)4/h5-7,10-12,15-18,22,29,31,34,36H,8-9,13-14,19-21,23-26H2,1-4H3,(H,45,53)(H,46,56)(H,49,55)(H,50,54)/t29?,31?,34-,36?/m1/s1. The molecule has 1 unspecified atom stereocenters. The molecule has 0 spiro atoms. The molecule has 300 valence electrons. The number of carbonyl (C=O) groups is 5. The van der Waals surface area contributed by atoms with Crippen LogP contribution in [0.3, 0.4) is 0 Å². The Hall–Kier alpha value is -5.72. The molecule has 1 saturated carbocycles. The lowest BCUT2D eigenvalue weighted by Crippen LogP contribution is -2.45. The van der Waals surface area contributed by atoms with Crippen LogP contribution in [-0.2, 0) is 25.5 Å². The highest BCUT2D eigenvalue weighted by atomic mass is 16.6. The number of aliphatic imine (C=N–C) groups is 1. The number of aryl methyl sites for hydroxylation is 1. The molecule has 2 fully saturated rings. The first-order chi connectivity index (χ1) is 27.3. The van der Waals surface area contributed by atoms with Crippen LogP contribution in [0.2, 0.25) is 0 Å². The molecule has 2 aliphatic heterocycles. The number of anilines is 1. The number of benzene rings is 3. The van der Waals surface area contributed by atoms with Crippen LogP contribution in [0, 0.1) is 24.7 Å². The largest absolute Gasteiger partial charge is 0.444 e. The number of nitrogens with zero attached hydrogens (tertiary/aromatic N) is 3. The van der Waals surface area contributed by atoms with E-state index in [0.29, 0.717) is 62.5 Å². The summed E-state index contributed by atoms with van der Waals surface area (Å²) in [5, 5.41) is 19.6. The Balaban J connectivity index is 1.12.